The standard InChI is InChI=1S/C17H23FINO3/c1-17(2,3)23-16(21)20(14-6-8-22-9-7-14)11-12-10-13(18)4-5-15(12)19/h4-5,10,14H,6-9,11H2,1-3H3. The van der Waals surface area contributed by atoms with Crippen LogP contribution in [0, 0.1) is 9.39 Å². The van der Waals surface area contributed by atoms with Crippen LogP contribution in [0.1, 0.15) is 39.2 Å². The number of carbonyl (C=O) groups is 1. The average molecular weight is 435 g/mol. The van der Waals surface area contributed by atoms with Crippen molar-refractivity contribution < 1.29 is 18.7 Å². The summed E-state index contributed by atoms with van der Waals surface area (Å²) < 4.78 is 25.4. The Hall–Kier alpha value is -0.890. The number of hydrogen-bond acceptors (Lipinski definition) is 3. The Morgan fingerprint density at radius 2 is 2.04 bits per heavy atom. The van der Waals surface area contributed by atoms with Gasteiger partial charge in [-0.3, -0.25) is 0 Å². The molecule has 0 aromatic heterocycles. The van der Waals surface area contributed by atoms with E-state index in [0.717, 1.165) is 22.0 Å². The van der Waals surface area contributed by atoms with E-state index in [0.29, 0.717) is 19.8 Å². The predicted molar refractivity (Wildman–Crippen MR) is 94.7 cm³/mol. The number of benzene rings is 1. The zero-order valence-corrected chi connectivity index (χ0v) is 15.9. The normalized spacial score (nSPS) is 16.2. The van der Waals surface area contributed by atoms with Gasteiger partial charge in [0, 0.05) is 22.8 Å². The quantitative estimate of drug-likeness (QED) is 0.663. The van der Waals surface area contributed by atoms with Crippen molar-refractivity contribution in [2.75, 3.05) is 13.2 Å². The summed E-state index contributed by atoms with van der Waals surface area (Å²) in [6.45, 7) is 7.14. The molecule has 0 aliphatic carbocycles. The Balaban J connectivity index is 2.21. The lowest BCUT2D eigenvalue weighted by atomic mass is 10.1. The van der Waals surface area contributed by atoms with Crippen LogP contribution < -0.4 is 0 Å². The van der Waals surface area contributed by atoms with E-state index in [-0.39, 0.29) is 18.0 Å². The van der Waals surface area contributed by atoms with Gasteiger partial charge in [-0.25, -0.2) is 9.18 Å². The van der Waals surface area contributed by atoms with Gasteiger partial charge in [0.2, 0.25) is 0 Å². The molecule has 6 heteroatoms. The van der Waals surface area contributed by atoms with Gasteiger partial charge in [-0.1, -0.05) is 0 Å². The predicted octanol–water partition coefficient (Wildman–Crippen LogP) is 4.35. The number of halogens is 2. The lowest BCUT2D eigenvalue weighted by molar-refractivity contribution is -0.00816. The van der Waals surface area contributed by atoms with Crippen LogP contribution in [0.4, 0.5) is 9.18 Å². The molecule has 0 bridgehead atoms. The van der Waals surface area contributed by atoms with E-state index < -0.39 is 5.60 Å². The molecule has 1 aromatic rings. The van der Waals surface area contributed by atoms with E-state index in [2.05, 4.69) is 22.6 Å². The van der Waals surface area contributed by atoms with Crippen molar-refractivity contribution in [3.8, 4) is 0 Å². The van der Waals surface area contributed by atoms with Crippen molar-refractivity contribution in [3.05, 3.63) is 33.1 Å². The fraction of sp³-hybridized carbons (Fsp3) is 0.588. The lowest BCUT2D eigenvalue weighted by Crippen LogP contribution is -2.45. The summed E-state index contributed by atoms with van der Waals surface area (Å²) in [5, 5.41) is 0. The van der Waals surface area contributed by atoms with Crippen molar-refractivity contribution in [2.45, 2.75) is 51.8 Å². The van der Waals surface area contributed by atoms with Crippen molar-refractivity contribution >= 4 is 28.7 Å². The van der Waals surface area contributed by atoms with Crippen LogP contribution in [0.3, 0.4) is 0 Å². The molecular formula is C17H23FINO3. The molecule has 1 aliphatic rings. The lowest BCUT2D eigenvalue weighted by Gasteiger charge is -2.35. The molecule has 23 heavy (non-hydrogen) atoms. The zero-order chi connectivity index (χ0) is 17.0. The summed E-state index contributed by atoms with van der Waals surface area (Å²) in [7, 11) is 0. The molecule has 0 N–H and O–H groups in total. The van der Waals surface area contributed by atoms with E-state index in [1.165, 1.54) is 12.1 Å². The zero-order valence-electron chi connectivity index (χ0n) is 13.8. The average Bonchev–Trinajstić information content (AvgIpc) is 2.47. The molecule has 0 atom stereocenters. The SMILES string of the molecule is CC(C)(C)OC(=O)N(Cc1cc(F)ccc1I)C1CCOCC1. The van der Waals surface area contributed by atoms with E-state index in [1.54, 1.807) is 11.0 Å². The molecule has 2 rings (SSSR count). The second kappa shape index (κ2) is 7.79. The largest absolute Gasteiger partial charge is 0.444 e. The summed E-state index contributed by atoms with van der Waals surface area (Å²) in [6.07, 6.45) is 1.18. The van der Waals surface area contributed by atoms with Crippen LogP contribution in [0.25, 0.3) is 0 Å². The molecule has 1 fully saturated rings. The topological polar surface area (TPSA) is 38.8 Å². The minimum atomic E-state index is -0.560. The van der Waals surface area contributed by atoms with Gasteiger partial charge in [0.15, 0.2) is 0 Å². The van der Waals surface area contributed by atoms with Gasteiger partial charge in [-0.05, 0) is 80.0 Å². The maximum Gasteiger partial charge on any atom is 0.410 e. The first-order valence-electron chi connectivity index (χ1n) is 7.77. The van der Waals surface area contributed by atoms with Gasteiger partial charge in [-0.2, -0.15) is 0 Å². The third-order valence-corrected chi connectivity index (χ3v) is 4.66. The molecule has 0 spiro atoms. The van der Waals surface area contributed by atoms with Gasteiger partial charge >= 0.3 is 6.09 Å². The van der Waals surface area contributed by atoms with Gasteiger partial charge < -0.3 is 14.4 Å². The molecule has 1 heterocycles. The second-order valence-corrected chi connectivity index (χ2v) is 7.85. The van der Waals surface area contributed by atoms with Gasteiger partial charge in [0.1, 0.15) is 11.4 Å². The number of amides is 1. The Labute approximate surface area is 150 Å². The van der Waals surface area contributed by atoms with Crippen LogP contribution in [-0.4, -0.2) is 35.8 Å². The van der Waals surface area contributed by atoms with Gasteiger partial charge in [0.25, 0.3) is 0 Å². The molecule has 1 amide bonds. The maximum absolute atomic E-state index is 13.6. The van der Waals surface area contributed by atoms with E-state index in [4.69, 9.17) is 9.47 Å². The fourth-order valence-corrected chi connectivity index (χ4v) is 3.01. The van der Waals surface area contributed by atoms with Crippen LogP contribution in [0.15, 0.2) is 18.2 Å². The molecule has 0 radical (unpaired) electrons. The van der Waals surface area contributed by atoms with E-state index >= 15 is 0 Å². The number of ether oxygens (including phenoxy) is 2. The molecule has 1 saturated heterocycles. The first-order valence-corrected chi connectivity index (χ1v) is 8.85. The molecule has 0 saturated carbocycles. The van der Waals surface area contributed by atoms with E-state index in [9.17, 15) is 9.18 Å². The first-order chi connectivity index (χ1) is 10.8. The van der Waals surface area contributed by atoms with Crippen LogP contribution in [0.5, 0.6) is 0 Å². The molecular weight excluding hydrogens is 412 g/mol. The highest BCUT2D eigenvalue weighted by Gasteiger charge is 2.30. The maximum atomic E-state index is 13.6. The summed E-state index contributed by atoms with van der Waals surface area (Å²) in [5.74, 6) is -0.295. The molecule has 128 valence electrons. The molecule has 1 aliphatic heterocycles. The number of carbonyl (C=O) groups excluding carboxylic acids is 1. The second-order valence-electron chi connectivity index (χ2n) is 6.69. The first kappa shape index (κ1) is 18.4. The van der Waals surface area contributed by atoms with E-state index in [1.807, 2.05) is 20.8 Å². The summed E-state index contributed by atoms with van der Waals surface area (Å²) in [4.78, 5) is 14.3. The Morgan fingerprint density at radius 3 is 2.65 bits per heavy atom. The summed E-state index contributed by atoms with van der Waals surface area (Å²) in [6, 6.07) is 4.69. The van der Waals surface area contributed by atoms with Crippen molar-refractivity contribution in [1.29, 1.82) is 0 Å². The highest BCUT2D eigenvalue weighted by Crippen LogP contribution is 2.23. The molecule has 0 unspecified atom stereocenters. The number of hydrogen-bond donors (Lipinski definition) is 0. The minimum Gasteiger partial charge on any atom is -0.444 e. The van der Waals surface area contributed by atoms with Crippen molar-refractivity contribution in [1.82, 2.24) is 4.90 Å². The van der Waals surface area contributed by atoms with Crippen LogP contribution >= 0.6 is 22.6 Å². The fourth-order valence-electron chi connectivity index (χ4n) is 2.51. The third-order valence-electron chi connectivity index (χ3n) is 3.61. The summed E-state index contributed by atoms with van der Waals surface area (Å²) >= 11 is 2.16. The highest BCUT2D eigenvalue weighted by molar-refractivity contribution is 14.1. The minimum absolute atomic E-state index is 0.0534. The van der Waals surface area contributed by atoms with Crippen LogP contribution in [0.2, 0.25) is 0 Å². The Kier molecular flexibility index (Phi) is 6.25. The summed E-state index contributed by atoms with van der Waals surface area (Å²) in [5.41, 5.74) is 0.234. The van der Waals surface area contributed by atoms with Crippen molar-refractivity contribution in [2.24, 2.45) is 0 Å². The van der Waals surface area contributed by atoms with Crippen LogP contribution in [-0.2, 0) is 16.0 Å². The molecule has 4 nitrogen and oxygen atoms in total. The Bertz CT molecular complexity index is 553. The van der Waals surface area contributed by atoms with Gasteiger partial charge in [0.05, 0.1) is 6.54 Å². The monoisotopic (exact) mass is 435 g/mol. The smallest absolute Gasteiger partial charge is 0.410 e. The van der Waals surface area contributed by atoms with Gasteiger partial charge in [-0.15, -0.1) is 0 Å². The number of rotatable bonds is 3. The highest BCUT2D eigenvalue weighted by atomic mass is 127. The van der Waals surface area contributed by atoms with Crippen molar-refractivity contribution in [3.63, 3.8) is 0 Å². The Morgan fingerprint density at radius 1 is 1.39 bits per heavy atom. The molecule has 1 aromatic carbocycles. The third kappa shape index (κ3) is 5.60. The number of nitrogens with zero attached hydrogens (tertiary/aromatic N) is 1.